The number of ether oxygens (including phenoxy) is 2. The van der Waals surface area contributed by atoms with E-state index in [0.717, 1.165) is 0 Å². The molecule has 2 bridgehead atoms. The molecule has 0 spiro atoms. The number of amides is 1. The van der Waals surface area contributed by atoms with E-state index in [4.69, 9.17) is 9.47 Å². The van der Waals surface area contributed by atoms with Gasteiger partial charge in [-0.2, -0.15) is 0 Å². The Morgan fingerprint density at radius 3 is 2.29 bits per heavy atom. The van der Waals surface area contributed by atoms with E-state index in [1.54, 1.807) is 4.90 Å². The average molecular weight is 241 g/mol. The topological polar surface area (TPSA) is 55.8 Å². The Morgan fingerprint density at radius 1 is 1.29 bits per heavy atom. The minimum Gasteiger partial charge on any atom is -0.444 e. The van der Waals surface area contributed by atoms with Crippen molar-refractivity contribution in [2.24, 2.45) is 11.8 Å². The van der Waals surface area contributed by atoms with Crippen LogP contribution in [-0.2, 0) is 14.3 Å². The lowest BCUT2D eigenvalue weighted by atomic mass is 9.87. The van der Waals surface area contributed by atoms with Crippen LogP contribution in [0.2, 0.25) is 0 Å². The Kier molecular flexibility index (Phi) is 3.12. The highest BCUT2D eigenvalue weighted by atomic mass is 16.6. The molecule has 2 aliphatic rings. The monoisotopic (exact) mass is 241 g/mol. The van der Waals surface area contributed by atoms with Crippen molar-refractivity contribution in [2.45, 2.75) is 26.4 Å². The van der Waals surface area contributed by atoms with Gasteiger partial charge >= 0.3 is 6.09 Å². The molecule has 0 N–H and O–H groups in total. The maximum Gasteiger partial charge on any atom is 0.410 e. The van der Waals surface area contributed by atoms with Crippen LogP contribution in [0.25, 0.3) is 0 Å². The Hall–Kier alpha value is -1.10. The summed E-state index contributed by atoms with van der Waals surface area (Å²) in [6.07, 6.45) is -0.332. The molecule has 1 amide bonds. The molecule has 5 heteroatoms. The number of carbonyl (C=O) groups excluding carboxylic acids is 2. The highest BCUT2D eigenvalue weighted by Crippen LogP contribution is 2.25. The van der Waals surface area contributed by atoms with E-state index in [2.05, 4.69) is 0 Å². The maximum absolute atomic E-state index is 11.9. The molecule has 2 aliphatic heterocycles. The first-order chi connectivity index (χ1) is 7.87. The number of likely N-dealkylation sites (tertiary alicyclic amines) is 1. The van der Waals surface area contributed by atoms with E-state index in [1.165, 1.54) is 0 Å². The minimum absolute atomic E-state index is 0.171. The van der Waals surface area contributed by atoms with Crippen molar-refractivity contribution in [3.63, 3.8) is 0 Å². The molecule has 0 saturated carbocycles. The van der Waals surface area contributed by atoms with Crippen LogP contribution in [-0.4, -0.2) is 48.7 Å². The number of fused-ring (bicyclic) bond motifs is 2. The van der Waals surface area contributed by atoms with Crippen LogP contribution in [0, 0.1) is 11.8 Å². The van der Waals surface area contributed by atoms with Gasteiger partial charge in [0.05, 0.1) is 25.0 Å². The molecule has 2 rings (SSSR count). The molecule has 2 heterocycles. The van der Waals surface area contributed by atoms with Crippen molar-refractivity contribution in [2.75, 3.05) is 26.3 Å². The van der Waals surface area contributed by atoms with Gasteiger partial charge in [0.25, 0.3) is 0 Å². The number of hydrogen-bond acceptors (Lipinski definition) is 4. The van der Waals surface area contributed by atoms with Crippen molar-refractivity contribution in [1.29, 1.82) is 0 Å². The summed E-state index contributed by atoms with van der Waals surface area (Å²) in [7, 11) is 0. The van der Waals surface area contributed by atoms with E-state index < -0.39 is 5.60 Å². The van der Waals surface area contributed by atoms with Crippen LogP contribution < -0.4 is 0 Å². The molecule has 2 atom stereocenters. The van der Waals surface area contributed by atoms with E-state index in [-0.39, 0.29) is 23.7 Å². The highest BCUT2D eigenvalue weighted by Gasteiger charge is 2.41. The van der Waals surface area contributed by atoms with Crippen LogP contribution in [0.3, 0.4) is 0 Å². The van der Waals surface area contributed by atoms with Gasteiger partial charge in [0, 0.05) is 13.1 Å². The molecule has 0 radical (unpaired) electrons. The van der Waals surface area contributed by atoms with Crippen LogP contribution >= 0.6 is 0 Å². The van der Waals surface area contributed by atoms with Gasteiger partial charge in [0.15, 0.2) is 0 Å². The summed E-state index contributed by atoms with van der Waals surface area (Å²) < 4.78 is 10.6. The lowest BCUT2D eigenvalue weighted by Gasteiger charge is -2.40. The second-order valence-corrected chi connectivity index (χ2v) is 5.72. The predicted octanol–water partition coefficient (Wildman–Crippen LogP) is 1.07. The van der Waals surface area contributed by atoms with Gasteiger partial charge in [-0.05, 0) is 20.8 Å². The molecule has 0 aromatic rings. The molecule has 96 valence electrons. The Bertz CT molecular complexity index is 318. The summed E-state index contributed by atoms with van der Waals surface area (Å²) in [5.74, 6) is -0.110. The highest BCUT2D eigenvalue weighted by molar-refractivity contribution is 5.87. The van der Waals surface area contributed by atoms with Crippen LogP contribution in [0.1, 0.15) is 20.8 Å². The number of carbonyl (C=O) groups is 2. The van der Waals surface area contributed by atoms with Crippen molar-refractivity contribution < 1.29 is 19.1 Å². The van der Waals surface area contributed by atoms with Gasteiger partial charge in [0.1, 0.15) is 11.4 Å². The zero-order valence-electron chi connectivity index (χ0n) is 10.6. The smallest absolute Gasteiger partial charge is 0.410 e. The Morgan fingerprint density at radius 2 is 1.82 bits per heavy atom. The third-order valence-corrected chi connectivity index (χ3v) is 2.98. The lowest BCUT2D eigenvalue weighted by molar-refractivity contribution is -0.144. The quantitative estimate of drug-likeness (QED) is 0.636. The second-order valence-electron chi connectivity index (χ2n) is 5.72. The summed E-state index contributed by atoms with van der Waals surface area (Å²) in [4.78, 5) is 25.3. The van der Waals surface area contributed by atoms with Crippen molar-refractivity contribution in [3.05, 3.63) is 0 Å². The largest absolute Gasteiger partial charge is 0.444 e. The molecule has 0 aromatic carbocycles. The summed E-state index contributed by atoms with van der Waals surface area (Å²) in [6, 6.07) is 0. The molecule has 5 nitrogen and oxygen atoms in total. The van der Waals surface area contributed by atoms with E-state index in [0.29, 0.717) is 26.3 Å². The fourth-order valence-electron chi connectivity index (χ4n) is 2.22. The van der Waals surface area contributed by atoms with Crippen LogP contribution in [0.4, 0.5) is 4.79 Å². The zero-order chi connectivity index (χ0) is 12.6. The zero-order valence-corrected chi connectivity index (χ0v) is 10.6. The van der Waals surface area contributed by atoms with Crippen molar-refractivity contribution in [1.82, 2.24) is 4.90 Å². The second kappa shape index (κ2) is 4.29. The lowest BCUT2D eigenvalue weighted by Crippen LogP contribution is -2.55. The third-order valence-electron chi connectivity index (χ3n) is 2.98. The third kappa shape index (κ3) is 2.77. The molecule has 17 heavy (non-hydrogen) atoms. The molecule has 0 unspecified atom stereocenters. The SMILES string of the molecule is CC(C)(C)OC(=O)N1C[C@@H]2COC[C@@H](C1)C2=O. The fraction of sp³-hybridized carbons (Fsp3) is 0.833. The van der Waals surface area contributed by atoms with E-state index in [9.17, 15) is 9.59 Å². The van der Waals surface area contributed by atoms with Crippen molar-refractivity contribution >= 4 is 11.9 Å². The first-order valence-electron chi connectivity index (χ1n) is 5.96. The number of Topliss-reactive ketones (excluding diaryl/α,β-unsaturated/α-hetero) is 1. The number of nitrogens with zero attached hydrogens (tertiary/aromatic N) is 1. The van der Waals surface area contributed by atoms with Gasteiger partial charge in [-0.1, -0.05) is 0 Å². The standard InChI is InChI=1S/C12H19NO4/c1-12(2,3)17-11(15)13-4-8-6-16-7-9(5-13)10(8)14/h8-9H,4-7H2,1-3H3/t8-,9-/m1/s1. The van der Waals surface area contributed by atoms with E-state index >= 15 is 0 Å². The van der Waals surface area contributed by atoms with Gasteiger partial charge in [0.2, 0.25) is 0 Å². The first-order valence-corrected chi connectivity index (χ1v) is 5.96. The van der Waals surface area contributed by atoms with Gasteiger partial charge in [-0.3, -0.25) is 4.79 Å². The van der Waals surface area contributed by atoms with E-state index in [1.807, 2.05) is 20.8 Å². The first kappa shape index (κ1) is 12.4. The summed E-state index contributed by atoms with van der Waals surface area (Å²) in [5.41, 5.74) is -0.496. The van der Waals surface area contributed by atoms with Gasteiger partial charge < -0.3 is 14.4 Å². The molecule has 2 fully saturated rings. The Labute approximate surface area is 101 Å². The molecule has 2 saturated heterocycles. The number of piperidine rings is 1. The minimum atomic E-state index is -0.496. The summed E-state index contributed by atoms with van der Waals surface area (Å²) in [5, 5.41) is 0. The molecular formula is C12H19NO4. The van der Waals surface area contributed by atoms with Crippen LogP contribution in [0.15, 0.2) is 0 Å². The normalized spacial score (nSPS) is 29.1. The number of hydrogen-bond donors (Lipinski definition) is 0. The van der Waals surface area contributed by atoms with Crippen LogP contribution in [0.5, 0.6) is 0 Å². The maximum atomic E-state index is 11.9. The summed E-state index contributed by atoms with van der Waals surface area (Å²) in [6.45, 7) is 7.20. The summed E-state index contributed by atoms with van der Waals surface area (Å²) >= 11 is 0. The number of rotatable bonds is 0. The average Bonchev–Trinajstić information content (AvgIpc) is 2.13. The Balaban J connectivity index is 2.00. The van der Waals surface area contributed by atoms with Gasteiger partial charge in [-0.25, -0.2) is 4.79 Å². The van der Waals surface area contributed by atoms with Gasteiger partial charge in [-0.15, -0.1) is 0 Å². The molecular weight excluding hydrogens is 222 g/mol. The van der Waals surface area contributed by atoms with Crippen molar-refractivity contribution in [3.8, 4) is 0 Å². The molecule has 0 aromatic heterocycles. The number of ketones is 1. The molecule has 0 aliphatic carbocycles. The fourth-order valence-corrected chi connectivity index (χ4v) is 2.22. The predicted molar refractivity (Wildman–Crippen MR) is 60.6 cm³/mol.